The van der Waals surface area contributed by atoms with Crippen molar-refractivity contribution >= 4 is 5.91 Å². The van der Waals surface area contributed by atoms with Crippen molar-refractivity contribution in [3.8, 4) is 5.75 Å². The Kier molecular flexibility index (Phi) is 4.74. The van der Waals surface area contributed by atoms with Crippen LogP contribution in [0, 0.1) is 12.8 Å². The van der Waals surface area contributed by atoms with Crippen LogP contribution in [0.4, 0.5) is 0 Å². The van der Waals surface area contributed by atoms with Gasteiger partial charge in [0.05, 0.1) is 0 Å². The number of aromatic amines is 1. The van der Waals surface area contributed by atoms with E-state index >= 15 is 0 Å². The van der Waals surface area contributed by atoms with Crippen molar-refractivity contribution < 1.29 is 9.90 Å². The van der Waals surface area contributed by atoms with Crippen LogP contribution in [0.5, 0.6) is 5.75 Å². The first-order valence-electron chi connectivity index (χ1n) is 10.3. The Labute approximate surface area is 167 Å². The van der Waals surface area contributed by atoms with Gasteiger partial charge in [0.25, 0.3) is 5.91 Å². The maximum absolute atomic E-state index is 12.6. The summed E-state index contributed by atoms with van der Waals surface area (Å²) in [6, 6.07) is 7.82. The minimum absolute atomic E-state index is 0.00708. The van der Waals surface area contributed by atoms with Crippen LogP contribution in [0.2, 0.25) is 0 Å². The molecule has 2 aromatic rings. The minimum atomic E-state index is 0.00708. The predicted molar refractivity (Wildman–Crippen MR) is 111 cm³/mol. The predicted octanol–water partition coefficient (Wildman–Crippen LogP) is 3.11. The Morgan fingerprint density at radius 1 is 1.39 bits per heavy atom. The van der Waals surface area contributed by atoms with Crippen molar-refractivity contribution in [2.45, 2.75) is 38.5 Å². The fraction of sp³-hybridized carbons (Fsp3) is 0.522. The number of fused-ring (bicyclic) bond motifs is 2. The number of rotatable bonds is 3. The smallest absolute Gasteiger partial charge is 0.270 e. The lowest BCUT2D eigenvalue weighted by molar-refractivity contribution is 0.0820. The Morgan fingerprint density at radius 2 is 2.18 bits per heavy atom. The second-order valence-electron chi connectivity index (χ2n) is 8.71. The molecule has 2 heterocycles. The zero-order valence-corrected chi connectivity index (χ0v) is 17.4. The number of likely N-dealkylation sites (tertiary alicyclic amines) is 1. The van der Waals surface area contributed by atoms with Gasteiger partial charge in [0.15, 0.2) is 0 Å². The fourth-order valence-electron chi connectivity index (χ4n) is 5.34. The summed E-state index contributed by atoms with van der Waals surface area (Å²) in [5.41, 5.74) is 5.59. The number of H-pyrrole nitrogens is 1. The van der Waals surface area contributed by atoms with E-state index in [4.69, 9.17) is 0 Å². The molecule has 0 bridgehead atoms. The minimum Gasteiger partial charge on any atom is -0.508 e. The first-order valence-corrected chi connectivity index (χ1v) is 10.3. The normalized spacial score (nSPS) is 24.5. The molecule has 150 valence electrons. The Morgan fingerprint density at radius 3 is 2.86 bits per heavy atom. The van der Waals surface area contributed by atoms with Gasteiger partial charge in [-0.25, -0.2) is 0 Å². The number of aromatic hydroxyl groups is 1. The molecule has 0 spiro atoms. The van der Waals surface area contributed by atoms with Crippen molar-refractivity contribution in [1.29, 1.82) is 0 Å². The molecule has 0 radical (unpaired) electrons. The molecule has 1 fully saturated rings. The summed E-state index contributed by atoms with van der Waals surface area (Å²) in [5.74, 6) is 0.851. The highest BCUT2D eigenvalue weighted by molar-refractivity contribution is 5.94. The molecule has 2 N–H and O–H groups in total. The number of phenolic OH excluding ortho intramolecular Hbond substituents is 1. The first kappa shape index (κ1) is 19.1. The summed E-state index contributed by atoms with van der Waals surface area (Å²) in [4.78, 5) is 20.3. The maximum Gasteiger partial charge on any atom is 0.270 e. The van der Waals surface area contributed by atoms with Gasteiger partial charge >= 0.3 is 0 Å². The molecule has 1 aromatic heterocycles. The van der Waals surface area contributed by atoms with Gasteiger partial charge in [0, 0.05) is 31.7 Å². The number of carbonyl (C=O) groups is 1. The van der Waals surface area contributed by atoms with Gasteiger partial charge in [-0.15, -0.1) is 0 Å². The molecule has 2 unspecified atom stereocenters. The topological polar surface area (TPSA) is 59.6 Å². The number of aromatic nitrogens is 1. The Bertz CT molecular complexity index is 901. The Balaban J connectivity index is 1.80. The highest BCUT2D eigenvalue weighted by Crippen LogP contribution is 2.49. The fourth-order valence-corrected chi connectivity index (χ4v) is 5.34. The van der Waals surface area contributed by atoms with Crippen LogP contribution in [0.1, 0.15) is 46.2 Å². The number of carbonyl (C=O) groups excluding carboxylic acids is 1. The SMILES string of the molecule is CCN1CCC2(c3cccc(O)c3)Cc3[nH]c(C(=O)N(C)C)c(C)c3CC2C1. The van der Waals surface area contributed by atoms with E-state index in [1.165, 1.54) is 16.8 Å². The summed E-state index contributed by atoms with van der Waals surface area (Å²) >= 11 is 0. The zero-order chi connectivity index (χ0) is 20.1. The van der Waals surface area contributed by atoms with Gasteiger partial charge < -0.3 is 19.9 Å². The lowest BCUT2D eigenvalue weighted by Gasteiger charge is -2.51. The third-order valence-electron chi connectivity index (χ3n) is 7.03. The number of amides is 1. The van der Waals surface area contributed by atoms with E-state index < -0.39 is 0 Å². The van der Waals surface area contributed by atoms with Gasteiger partial charge in [-0.1, -0.05) is 19.1 Å². The van der Waals surface area contributed by atoms with Gasteiger partial charge in [-0.3, -0.25) is 4.79 Å². The molecule has 4 rings (SSSR count). The molecule has 2 aliphatic rings. The van der Waals surface area contributed by atoms with Crippen LogP contribution in [0.15, 0.2) is 24.3 Å². The second-order valence-corrected chi connectivity index (χ2v) is 8.71. The summed E-state index contributed by atoms with van der Waals surface area (Å²) in [6.07, 6.45) is 2.95. The van der Waals surface area contributed by atoms with E-state index in [2.05, 4.69) is 29.8 Å². The molecule has 28 heavy (non-hydrogen) atoms. The Hall–Kier alpha value is -2.27. The van der Waals surface area contributed by atoms with Crippen molar-refractivity contribution in [3.63, 3.8) is 0 Å². The number of benzene rings is 1. The van der Waals surface area contributed by atoms with Crippen LogP contribution >= 0.6 is 0 Å². The molecule has 0 saturated carbocycles. The van der Waals surface area contributed by atoms with Crippen molar-refractivity contribution in [3.05, 3.63) is 52.3 Å². The number of phenols is 1. The van der Waals surface area contributed by atoms with Crippen LogP contribution in [0.3, 0.4) is 0 Å². The molecular formula is C23H31N3O2. The molecule has 1 aliphatic heterocycles. The van der Waals surface area contributed by atoms with E-state index in [1.54, 1.807) is 25.1 Å². The average Bonchev–Trinajstić information content (AvgIpc) is 3.00. The molecule has 1 saturated heterocycles. The van der Waals surface area contributed by atoms with Gasteiger partial charge in [-0.05, 0) is 74.0 Å². The lowest BCUT2D eigenvalue weighted by Crippen LogP contribution is -2.53. The van der Waals surface area contributed by atoms with Crippen LogP contribution in [-0.2, 0) is 18.3 Å². The maximum atomic E-state index is 12.6. The number of hydrogen-bond donors (Lipinski definition) is 2. The van der Waals surface area contributed by atoms with Gasteiger partial charge in [-0.2, -0.15) is 0 Å². The zero-order valence-electron chi connectivity index (χ0n) is 17.4. The molecule has 1 aliphatic carbocycles. The number of piperidine rings is 1. The lowest BCUT2D eigenvalue weighted by atomic mass is 9.58. The number of hydrogen-bond acceptors (Lipinski definition) is 3. The summed E-state index contributed by atoms with van der Waals surface area (Å²) in [5, 5.41) is 10.1. The van der Waals surface area contributed by atoms with Crippen molar-refractivity contribution in [2.24, 2.45) is 5.92 Å². The molecule has 1 amide bonds. The van der Waals surface area contributed by atoms with Crippen LogP contribution < -0.4 is 0 Å². The summed E-state index contributed by atoms with van der Waals surface area (Å²) in [7, 11) is 3.60. The first-order chi connectivity index (χ1) is 13.4. The van der Waals surface area contributed by atoms with E-state index in [1.807, 2.05) is 12.1 Å². The monoisotopic (exact) mass is 381 g/mol. The highest BCUT2D eigenvalue weighted by atomic mass is 16.3. The number of nitrogens with one attached hydrogen (secondary N) is 1. The second kappa shape index (κ2) is 6.96. The van der Waals surface area contributed by atoms with E-state index in [0.29, 0.717) is 11.7 Å². The molecule has 2 atom stereocenters. The molecule has 5 nitrogen and oxygen atoms in total. The van der Waals surface area contributed by atoms with E-state index in [0.717, 1.165) is 50.2 Å². The quantitative estimate of drug-likeness (QED) is 0.859. The average molecular weight is 382 g/mol. The van der Waals surface area contributed by atoms with E-state index in [-0.39, 0.29) is 11.3 Å². The molecule has 5 heteroatoms. The third kappa shape index (κ3) is 2.93. The largest absolute Gasteiger partial charge is 0.508 e. The highest BCUT2D eigenvalue weighted by Gasteiger charge is 2.48. The van der Waals surface area contributed by atoms with Crippen molar-refractivity contribution in [2.75, 3.05) is 33.7 Å². The molecule has 1 aromatic carbocycles. The standard InChI is InChI=1S/C23H31N3O2/c1-5-26-10-9-23(16-7-6-8-18(27)11-16)13-20-19(12-17(23)14-26)15(2)21(24-20)22(28)25(3)4/h6-8,11,17,24,27H,5,9-10,12-14H2,1-4H3. The van der Waals surface area contributed by atoms with E-state index in [9.17, 15) is 9.90 Å². The number of nitrogens with zero attached hydrogens (tertiary/aromatic N) is 2. The molecular weight excluding hydrogens is 350 g/mol. The van der Waals surface area contributed by atoms with Crippen LogP contribution in [0.25, 0.3) is 0 Å². The van der Waals surface area contributed by atoms with Crippen LogP contribution in [-0.4, -0.2) is 59.5 Å². The third-order valence-corrected chi connectivity index (χ3v) is 7.03. The summed E-state index contributed by atoms with van der Waals surface area (Å²) in [6.45, 7) is 7.50. The summed E-state index contributed by atoms with van der Waals surface area (Å²) < 4.78 is 0. The van der Waals surface area contributed by atoms with Gasteiger partial charge in [0.1, 0.15) is 11.4 Å². The van der Waals surface area contributed by atoms with Gasteiger partial charge in [0.2, 0.25) is 0 Å². The van der Waals surface area contributed by atoms with Crippen molar-refractivity contribution in [1.82, 2.24) is 14.8 Å².